The lowest BCUT2D eigenvalue weighted by Gasteiger charge is -2.55. The highest BCUT2D eigenvalue weighted by Crippen LogP contribution is 2.58. The van der Waals surface area contributed by atoms with Crippen LogP contribution in [-0.4, -0.2) is 24.0 Å². The Morgan fingerprint density at radius 1 is 1.17 bits per heavy atom. The highest BCUT2D eigenvalue weighted by atomic mass is 16.4. The maximum Gasteiger partial charge on any atom is 0.308 e. The van der Waals surface area contributed by atoms with Gasteiger partial charge in [0.1, 0.15) is 0 Å². The Labute approximate surface area is 107 Å². The van der Waals surface area contributed by atoms with Crippen molar-refractivity contribution in [2.45, 2.75) is 32.1 Å². The van der Waals surface area contributed by atoms with Crippen LogP contribution in [0.2, 0.25) is 0 Å². The third kappa shape index (κ3) is 1.91. The zero-order chi connectivity index (χ0) is 12.7. The second kappa shape index (κ2) is 4.56. The van der Waals surface area contributed by atoms with E-state index in [4.69, 9.17) is 0 Å². The summed E-state index contributed by atoms with van der Waals surface area (Å²) >= 11 is 0. The van der Waals surface area contributed by atoms with Crippen molar-refractivity contribution in [1.29, 1.82) is 0 Å². The zero-order valence-electron chi connectivity index (χ0n) is 10.5. The van der Waals surface area contributed by atoms with Gasteiger partial charge in [0.15, 0.2) is 0 Å². The molecule has 4 heteroatoms. The molecule has 1 amide bonds. The first-order valence-corrected chi connectivity index (χ1v) is 7.09. The average molecular weight is 251 g/mol. The summed E-state index contributed by atoms with van der Waals surface area (Å²) < 4.78 is 0. The van der Waals surface area contributed by atoms with Crippen LogP contribution in [0, 0.1) is 35.5 Å². The minimum Gasteiger partial charge on any atom is -0.481 e. The molecule has 18 heavy (non-hydrogen) atoms. The Morgan fingerprint density at radius 2 is 1.72 bits per heavy atom. The predicted molar refractivity (Wildman–Crippen MR) is 65.7 cm³/mol. The molecule has 4 rings (SSSR count). The number of carboxylic acids is 1. The summed E-state index contributed by atoms with van der Waals surface area (Å²) in [6.07, 6.45) is 6.90. The lowest BCUT2D eigenvalue weighted by Crippen LogP contribution is -2.51. The molecule has 4 saturated carbocycles. The molecule has 1 atom stereocenters. The van der Waals surface area contributed by atoms with E-state index in [2.05, 4.69) is 5.32 Å². The minimum atomic E-state index is -0.734. The normalized spacial score (nSPS) is 42.6. The van der Waals surface area contributed by atoms with Crippen LogP contribution in [0.4, 0.5) is 0 Å². The van der Waals surface area contributed by atoms with Crippen molar-refractivity contribution in [3.05, 3.63) is 0 Å². The van der Waals surface area contributed by atoms with Crippen LogP contribution in [0.1, 0.15) is 32.1 Å². The van der Waals surface area contributed by atoms with E-state index in [-0.39, 0.29) is 5.92 Å². The molecule has 2 N–H and O–H groups in total. The molecule has 4 fully saturated rings. The smallest absolute Gasteiger partial charge is 0.308 e. The molecule has 0 radical (unpaired) electrons. The first-order chi connectivity index (χ1) is 8.69. The molecule has 4 nitrogen and oxygen atoms in total. The number of hydrogen-bond donors (Lipinski definition) is 2. The van der Waals surface area contributed by atoms with Crippen molar-refractivity contribution < 1.29 is 14.7 Å². The highest BCUT2D eigenvalue weighted by molar-refractivity contribution is 5.71. The van der Waals surface area contributed by atoms with Gasteiger partial charge in [-0.1, -0.05) is 0 Å². The van der Waals surface area contributed by atoms with E-state index < -0.39 is 5.97 Å². The van der Waals surface area contributed by atoms with Gasteiger partial charge in [-0.2, -0.15) is 0 Å². The molecule has 4 aliphatic carbocycles. The van der Waals surface area contributed by atoms with Crippen molar-refractivity contribution in [1.82, 2.24) is 5.32 Å². The predicted octanol–water partition coefficient (Wildman–Crippen LogP) is 1.51. The first kappa shape index (κ1) is 12.0. The van der Waals surface area contributed by atoms with E-state index in [0.29, 0.717) is 30.7 Å². The summed E-state index contributed by atoms with van der Waals surface area (Å²) in [6, 6.07) is 0. The van der Waals surface area contributed by atoms with Gasteiger partial charge >= 0.3 is 5.97 Å². The summed E-state index contributed by atoms with van der Waals surface area (Å²) in [6.45, 7) is 0.297. The molecule has 1 unspecified atom stereocenters. The van der Waals surface area contributed by atoms with Crippen molar-refractivity contribution in [3.63, 3.8) is 0 Å². The van der Waals surface area contributed by atoms with Gasteiger partial charge in [-0.3, -0.25) is 9.59 Å². The van der Waals surface area contributed by atoms with Crippen LogP contribution in [-0.2, 0) is 9.59 Å². The van der Waals surface area contributed by atoms with Crippen molar-refractivity contribution in [2.24, 2.45) is 35.5 Å². The SMILES string of the molecule is O=CNCC(C(=O)O)C1C2CC3CC(C2)CC1C3. The number of carbonyl (C=O) groups is 2. The van der Waals surface area contributed by atoms with Crippen LogP contribution in [0.15, 0.2) is 0 Å². The van der Waals surface area contributed by atoms with Crippen LogP contribution in [0.25, 0.3) is 0 Å². The van der Waals surface area contributed by atoms with Gasteiger partial charge in [0.05, 0.1) is 5.92 Å². The van der Waals surface area contributed by atoms with E-state index in [1.807, 2.05) is 0 Å². The van der Waals surface area contributed by atoms with Crippen molar-refractivity contribution in [2.75, 3.05) is 6.54 Å². The van der Waals surface area contributed by atoms with E-state index in [1.54, 1.807) is 0 Å². The molecule has 4 aliphatic rings. The number of carbonyl (C=O) groups excluding carboxylic acids is 1. The summed E-state index contributed by atoms with van der Waals surface area (Å²) in [5.74, 6) is 2.08. The zero-order valence-corrected chi connectivity index (χ0v) is 10.5. The molecular weight excluding hydrogens is 230 g/mol. The van der Waals surface area contributed by atoms with Crippen molar-refractivity contribution in [3.8, 4) is 0 Å². The number of nitrogens with one attached hydrogen (secondary N) is 1. The molecule has 0 aromatic heterocycles. The lowest BCUT2D eigenvalue weighted by atomic mass is 9.49. The quantitative estimate of drug-likeness (QED) is 0.728. The molecule has 0 aliphatic heterocycles. The summed E-state index contributed by atoms with van der Waals surface area (Å²) in [5, 5.41) is 12.0. The fourth-order valence-corrected chi connectivity index (χ4v) is 5.19. The monoisotopic (exact) mass is 251 g/mol. The van der Waals surface area contributed by atoms with Crippen molar-refractivity contribution >= 4 is 12.4 Å². The molecule has 0 heterocycles. The number of rotatable bonds is 5. The fraction of sp³-hybridized carbons (Fsp3) is 0.857. The molecule has 4 bridgehead atoms. The van der Waals surface area contributed by atoms with Gasteiger partial charge < -0.3 is 10.4 Å². The van der Waals surface area contributed by atoms with Crippen LogP contribution in [0.5, 0.6) is 0 Å². The molecule has 0 aromatic rings. The second-order valence-electron chi connectivity index (χ2n) is 6.48. The van der Waals surface area contributed by atoms with Gasteiger partial charge in [0.2, 0.25) is 6.41 Å². The van der Waals surface area contributed by atoms with Crippen LogP contribution < -0.4 is 5.32 Å². The third-order valence-corrected chi connectivity index (χ3v) is 5.50. The van der Waals surface area contributed by atoms with Crippen LogP contribution in [0.3, 0.4) is 0 Å². The second-order valence-corrected chi connectivity index (χ2v) is 6.48. The average Bonchev–Trinajstić information content (AvgIpc) is 2.31. The van der Waals surface area contributed by atoms with E-state index in [1.165, 1.54) is 32.1 Å². The van der Waals surface area contributed by atoms with Gasteiger partial charge in [-0.05, 0) is 61.7 Å². The molecule has 100 valence electrons. The number of amides is 1. The van der Waals surface area contributed by atoms with E-state index in [9.17, 15) is 14.7 Å². The fourth-order valence-electron chi connectivity index (χ4n) is 5.19. The topological polar surface area (TPSA) is 66.4 Å². The van der Waals surface area contributed by atoms with Gasteiger partial charge in [-0.15, -0.1) is 0 Å². The summed E-state index contributed by atoms with van der Waals surface area (Å²) in [7, 11) is 0. The number of hydrogen-bond acceptors (Lipinski definition) is 2. The van der Waals surface area contributed by atoms with Crippen LogP contribution >= 0.6 is 0 Å². The molecule has 0 aromatic carbocycles. The highest BCUT2D eigenvalue weighted by Gasteiger charge is 2.51. The van der Waals surface area contributed by atoms with Gasteiger partial charge in [0, 0.05) is 6.54 Å². The Bertz CT molecular complexity index is 327. The Kier molecular flexibility index (Phi) is 3.04. The standard InChI is InChI=1S/C14H21NO3/c16-7-15-6-12(14(17)18)13-10-2-8-1-9(4-10)5-11(13)3-8/h7-13H,1-6H2,(H,15,16)(H,17,18). The lowest BCUT2D eigenvalue weighted by molar-refractivity contribution is -0.151. The third-order valence-electron chi connectivity index (χ3n) is 5.50. The van der Waals surface area contributed by atoms with Gasteiger partial charge in [0.25, 0.3) is 0 Å². The Balaban J connectivity index is 1.77. The molecule has 0 spiro atoms. The van der Waals surface area contributed by atoms with Gasteiger partial charge in [-0.25, -0.2) is 0 Å². The summed E-state index contributed by atoms with van der Waals surface area (Å²) in [4.78, 5) is 21.9. The first-order valence-electron chi connectivity index (χ1n) is 7.09. The Morgan fingerprint density at radius 3 is 2.17 bits per heavy atom. The number of aliphatic carboxylic acids is 1. The minimum absolute atomic E-state index is 0.294. The maximum atomic E-state index is 11.5. The maximum absolute atomic E-state index is 11.5. The molecular formula is C14H21NO3. The molecule has 0 saturated heterocycles. The number of carboxylic acid groups (broad SMARTS) is 1. The Hall–Kier alpha value is -1.06. The van der Waals surface area contributed by atoms with E-state index in [0.717, 1.165) is 11.8 Å². The largest absolute Gasteiger partial charge is 0.481 e. The summed E-state index contributed by atoms with van der Waals surface area (Å²) in [5.41, 5.74) is 0. The van der Waals surface area contributed by atoms with E-state index >= 15 is 0 Å².